The number of nitrogens with two attached hydrogens (primary N) is 1. The van der Waals surface area contributed by atoms with Crippen LogP contribution in [0, 0.1) is 0 Å². The minimum atomic E-state index is -0.609. The minimum absolute atomic E-state index is 0.164. The van der Waals surface area contributed by atoms with E-state index < -0.39 is 6.04 Å². The number of nitrogens with zero attached hydrogens (tertiary/aromatic N) is 2. The quantitative estimate of drug-likeness (QED) is 0.875. The molecule has 3 N–H and O–H groups in total. The Morgan fingerprint density at radius 3 is 2.90 bits per heavy atom. The molecule has 1 amide bonds. The molecule has 0 saturated carbocycles. The molecule has 114 valence electrons. The Labute approximate surface area is 130 Å². The number of nitrogens with one attached hydrogen (secondary N) is 1. The molecule has 5 nitrogen and oxygen atoms in total. The number of hydrogen-bond donors (Lipinski definition) is 2. The largest absolute Gasteiger partial charge is 0.367 e. The van der Waals surface area contributed by atoms with Gasteiger partial charge in [-0.3, -0.25) is 9.69 Å². The van der Waals surface area contributed by atoms with E-state index in [1.807, 2.05) is 12.1 Å². The summed E-state index contributed by atoms with van der Waals surface area (Å²) in [5, 5.41) is 3.49. The maximum absolute atomic E-state index is 11.7. The fraction of sp³-hybridized carbons (Fsp3) is 0.533. The van der Waals surface area contributed by atoms with Crippen molar-refractivity contribution in [2.75, 3.05) is 36.9 Å². The molecule has 2 atom stereocenters. The molecule has 6 heteroatoms. The van der Waals surface area contributed by atoms with Crippen molar-refractivity contribution in [1.29, 1.82) is 0 Å². The highest BCUT2D eigenvalue weighted by molar-refractivity contribution is 6.33. The molecule has 2 aliphatic rings. The van der Waals surface area contributed by atoms with E-state index in [0.29, 0.717) is 11.1 Å². The van der Waals surface area contributed by atoms with Crippen molar-refractivity contribution in [3.8, 4) is 0 Å². The third kappa shape index (κ3) is 2.50. The van der Waals surface area contributed by atoms with Crippen LogP contribution >= 0.6 is 11.6 Å². The monoisotopic (exact) mass is 308 g/mol. The fourth-order valence-electron chi connectivity index (χ4n) is 3.14. The van der Waals surface area contributed by atoms with Gasteiger partial charge in [-0.15, -0.1) is 0 Å². The standard InChI is InChI=1S/C15H21ClN4O/c1-3-9-8-20(5-4-19(9)2)13-7-12-10(6-11(13)16)14(17)15(21)18-12/h6-7,9,14H,3-5,8,17H2,1-2H3,(H,18,21). The number of fused-ring (bicyclic) bond motifs is 1. The molecule has 0 spiro atoms. The Kier molecular flexibility index (Phi) is 3.82. The lowest BCUT2D eigenvalue weighted by Crippen LogP contribution is -2.51. The number of amides is 1. The normalized spacial score (nSPS) is 25.9. The SMILES string of the molecule is CCC1CN(c2cc3c(cc2Cl)C(N)C(=O)N3)CCN1C. The predicted octanol–water partition coefficient (Wildman–Crippen LogP) is 1.82. The van der Waals surface area contributed by atoms with Crippen LogP contribution in [0.5, 0.6) is 0 Å². The number of halogens is 1. The summed E-state index contributed by atoms with van der Waals surface area (Å²) in [5.74, 6) is -0.164. The zero-order chi connectivity index (χ0) is 15.1. The first kappa shape index (κ1) is 14.6. The predicted molar refractivity (Wildman–Crippen MR) is 85.9 cm³/mol. The van der Waals surface area contributed by atoms with Crippen molar-refractivity contribution in [3.05, 3.63) is 22.7 Å². The minimum Gasteiger partial charge on any atom is -0.367 e. The van der Waals surface area contributed by atoms with Crippen LogP contribution in [0.15, 0.2) is 12.1 Å². The lowest BCUT2D eigenvalue weighted by Gasteiger charge is -2.40. The number of carbonyl (C=O) groups excluding carboxylic acids is 1. The van der Waals surface area contributed by atoms with Gasteiger partial charge in [0.2, 0.25) is 5.91 Å². The van der Waals surface area contributed by atoms with Crippen LogP contribution in [-0.4, -0.2) is 43.5 Å². The Morgan fingerprint density at radius 1 is 1.43 bits per heavy atom. The van der Waals surface area contributed by atoms with Crippen molar-refractivity contribution >= 4 is 28.9 Å². The van der Waals surface area contributed by atoms with Gasteiger partial charge in [-0.25, -0.2) is 0 Å². The van der Waals surface area contributed by atoms with E-state index >= 15 is 0 Å². The van der Waals surface area contributed by atoms with E-state index in [9.17, 15) is 4.79 Å². The zero-order valence-corrected chi connectivity index (χ0v) is 13.2. The molecule has 2 unspecified atom stereocenters. The molecule has 0 aliphatic carbocycles. The van der Waals surface area contributed by atoms with Crippen molar-refractivity contribution in [2.45, 2.75) is 25.4 Å². The van der Waals surface area contributed by atoms with E-state index in [4.69, 9.17) is 17.3 Å². The van der Waals surface area contributed by atoms with E-state index in [0.717, 1.165) is 43.0 Å². The number of carbonyl (C=O) groups is 1. The molecule has 0 aromatic heterocycles. The highest BCUT2D eigenvalue weighted by atomic mass is 35.5. The van der Waals surface area contributed by atoms with Gasteiger partial charge >= 0.3 is 0 Å². The maximum Gasteiger partial charge on any atom is 0.245 e. The van der Waals surface area contributed by atoms with Crippen LogP contribution in [0.25, 0.3) is 0 Å². The van der Waals surface area contributed by atoms with Gasteiger partial charge in [-0.05, 0) is 25.6 Å². The summed E-state index contributed by atoms with van der Waals surface area (Å²) < 4.78 is 0. The second-order valence-electron chi connectivity index (χ2n) is 5.85. The van der Waals surface area contributed by atoms with Crippen molar-refractivity contribution in [1.82, 2.24) is 4.90 Å². The second-order valence-corrected chi connectivity index (χ2v) is 6.25. The van der Waals surface area contributed by atoms with Gasteiger partial charge < -0.3 is 16.0 Å². The van der Waals surface area contributed by atoms with E-state index in [2.05, 4.69) is 29.1 Å². The number of anilines is 2. The first-order valence-corrected chi connectivity index (χ1v) is 7.74. The highest BCUT2D eigenvalue weighted by Crippen LogP contribution is 2.38. The molecule has 0 bridgehead atoms. The van der Waals surface area contributed by atoms with Gasteiger partial charge in [0.1, 0.15) is 6.04 Å². The molecule has 2 heterocycles. The highest BCUT2D eigenvalue weighted by Gasteiger charge is 2.30. The topological polar surface area (TPSA) is 61.6 Å². The third-order valence-corrected chi connectivity index (χ3v) is 4.89. The molecule has 1 aromatic rings. The Bertz CT molecular complexity index is 577. The summed E-state index contributed by atoms with van der Waals surface area (Å²) in [6.45, 7) is 5.10. The first-order valence-electron chi connectivity index (χ1n) is 7.36. The maximum atomic E-state index is 11.7. The van der Waals surface area contributed by atoms with Crippen LogP contribution < -0.4 is 16.0 Å². The second kappa shape index (κ2) is 5.48. The fourth-order valence-corrected chi connectivity index (χ4v) is 3.43. The van der Waals surface area contributed by atoms with E-state index in [1.165, 1.54) is 0 Å². The van der Waals surface area contributed by atoms with Crippen LogP contribution in [0.3, 0.4) is 0 Å². The van der Waals surface area contributed by atoms with Crippen LogP contribution in [-0.2, 0) is 4.79 Å². The number of piperazine rings is 1. The van der Waals surface area contributed by atoms with Gasteiger partial charge in [-0.1, -0.05) is 18.5 Å². The zero-order valence-electron chi connectivity index (χ0n) is 12.4. The Morgan fingerprint density at radius 2 is 2.19 bits per heavy atom. The van der Waals surface area contributed by atoms with Crippen molar-refractivity contribution in [3.63, 3.8) is 0 Å². The third-order valence-electron chi connectivity index (χ3n) is 4.58. The molecule has 1 fully saturated rings. The number of likely N-dealkylation sites (N-methyl/N-ethyl adjacent to an activating group) is 1. The smallest absolute Gasteiger partial charge is 0.245 e. The van der Waals surface area contributed by atoms with Crippen LogP contribution in [0.2, 0.25) is 5.02 Å². The van der Waals surface area contributed by atoms with Crippen LogP contribution in [0.1, 0.15) is 24.9 Å². The van der Waals surface area contributed by atoms with Gasteiger partial charge in [0, 0.05) is 36.9 Å². The van der Waals surface area contributed by atoms with Gasteiger partial charge in [-0.2, -0.15) is 0 Å². The average Bonchev–Trinajstić information content (AvgIpc) is 2.74. The average molecular weight is 309 g/mol. The van der Waals surface area contributed by atoms with Crippen molar-refractivity contribution in [2.24, 2.45) is 5.73 Å². The molecular formula is C15H21ClN4O. The Balaban J connectivity index is 1.90. The van der Waals surface area contributed by atoms with E-state index in [1.54, 1.807) is 0 Å². The molecule has 2 aliphatic heterocycles. The Hall–Kier alpha value is -1.30. The summed E-state index contributed by atoms with van der Waals surface area (Å²) >= 11 is 6.43. The number of hydrogen-bond acceptors (Lipinski definition) is 4. The van der Waals surface area contributed by atoms with Crippen LogP contribution in [0.4, 0.5) is 11.4 Å². The van der Waals surface area contributed by atoms with E-state index in [-0.39, 0.29) is 5.91 Å². The molecule has 1 saturated heterocycles. The summed E-state index contributed by atoms with van der Waals surface area (Å²) in [6, 6.07) is 3.71. The van der Waals surface area contributed by atoms with Gasteiger partial charge in [0.05, 0.1) is 10.7 Å². The number of benzene rings is 1. The summed E-state index contributed by atoms with van der Waals surface area (Å²) in [4.78, 5) is 16.4. The number of rotatable bonds is 2. The molecule has 3 rings (SSSR count). The summed E-state index contributed by atoms with van der Waals surface area (Å²) in [7, 11) is 2.16. The molecular weight excluding hydrogens is 288 g/mol. The molecule has 1 aromatic carbocycles. The molecule has 21 heavy (non-hydrogen) atoms. The van der Waals surface area contributed by atoms with Gasteiger partial charge in [0.25, 0.3) is 0 Å². The van der Waals surface area contributed by atoms with Crippen molar-refractivity contribution < 1.29 is 4.79 Å². The summed E-state index contributed by atoms with van der Waals surface area (Å²) in [6.07, 6.45) is 1.11. The molecule has 0 radical (unpaired) electrons. The lowest BCUT2D eigenvalue weighted by atomic mass is 10.1. The lowest BCUT2D eigenvalue weighted by molar-refractivity contribution is -0.116. The first-order chi connectivity index (χ1) is 10.0. The van der Waals surface area contributed by atoms with Gasteiger partial charge in [0.15, 0.2) is 0 Å². The summed E-state index contributed by atoms with van der Waals surface area (Å²) in [5.41, 5.74) is 8.42.